The van der Waals surface area contributed by atoms with Gasteiger partial charge in [-0.25, -0.2) is 0 Å². The second-order valence-corrected chi connectivity index (χ2v) is 5.57. The predicted octanol–water partition coefficient (Wildman–Crippen LogP) is -1.03. The van der Waals surface area contributed by atoms with E-state index in [4.69, 9.17) is 0 Å². The molecule has 0 saturated heterocycles. The minimum atomic E-state index is -0.418. The van der Waals surface area contributed by atoms with Crippen molar-refractivity contribution in [2.75, 3.05) is 0 Å². The van der Waals surface area contributed by atoms with E-state index in [-0.39, 0.29) is 0 Å². The molecule has 1 aromatic rings. The summed E-state index contributed by atoms with van der Waals surface area (Å²) in [7, 11) is 0. The van der Waals surface area contributed by atoms with Gasteiger partial charge in [0.2, 0.25) is 0 Å². The molecule has 0 aliphatic carbocycles. The zero-order valence-electron chi connectivity index (χ0n) is 4.55. The molecule has 0 bridgehead atoms. The van der Waals surface area contributed by atoms with Crippen molar-refractivity contribution in [3.8, 4) is 0 Å². The van der Waals surface area contributed by atoms with E-state index >= 15 is 0 Å². The number of hydrogen-bond acceptors (Lipinski definition) is 3. The number of tetrazole rings is 1. The molecule has 4 nitrogen and oxygen atoms in total. The topological polar surface area (TPSA) is 54.5 Å². The number of rotatable bonds is 2. The van der Waals surface area contributed by atoms with Gasteiger partial charge in [-0.1, -0.05) is 0 Å². The summed E-state index contributed by atoms with van der Waals surface area (Å²) in [5, 5.41) is 13.5. The molecule has 0 fully saturated rings. The molecular formula is C3H6N4Sn. The van der Waals surface area contributed by atoms with Crippen LogP contribution in [-0.4, -0.2) is 41.8 Å². The zero-order valence-corrected chi connectivity index (χ0v) is 7.40. The molecule has 0 unspecified atom stereocenters. The number of aromatic nitrogens is 4. The Balaban J connectivity index is 2.50. The van der Waals surface area contributed by atoms with Crippen LogP contribution in [0, 0.1) is 0 Å². The van der Waals surface area contributed by atoms with Crippen LogP contribution in [0.5, 0.6) is 0 Å². The van der Waals surface area contributed by atoms with Crippen LogP contribution in [0.4, 0.5) is 0 Å². The maximum atomic E-state index is 3.83. The van der Waals surface area contributed by atoms with Gasteiger partial charge in [0.05, 0.1) is 0 Å². The molecule has 0 aliphatic heterocycles. The van der Waals surface area contributed by atoms with Gasteiger partial charge < -0.3 is 0 Å². The predicted molar refractivity (Wildman–Crippen MR) is 30.0 cm³/mol. The molecule has 8 heavy (non-hydrogen) atoms. The van der Waals surface area contributed by atoms with Gasteiger partial charge in [0.1, 0.15) is 0 Å². The molecule has 5 heteroatoms. The minimum absolute atomic E-state index is 0.418. The standard InChI is InChI=1S/C2H5.CHN4.Sn/c1-2;1-2-4-5-3-1;/h1H2,2H3;(H,2,3,4,5);. The van der Waals surface area contributed by atoms with Crippen LogP contribution in [0.3, 0.4) is 0 Å². The maximum absolute atomic E-state index is 3.83. The van der Waals surface area contributed by atoms with Crippen LogP contribution in [0.25, 0.3) is 0 Å². The third kappa shape index (κ3) is 1.43. The van der Waals surface area contributed by atoms with Gasteiger partial charge in [-0.05, 0) is 0 Å². The van der Waals surface area contributed by atoms with E-state index in [1.54, 1.807) is 0 Å². The Hall–Kier alpha value is -0.131. The molecular weight excluding hydrogens is 211 g/mol. The molecule has 1 N–H and O–H groups in total. The van der Waals surface area contributed by atoms with Crippen LogP contribution >= 0.6 is 0 Å². The Morgan fingerprint density at radius 2 is 2.62 bits per heavy atom. The average molecular weight is 217 g/mol. The van der Waals surface area contributed by atoms with Crippen LogP contribution < -0.4 is 3.84 Å². The Morgan fingerprint density at radius 1 is 1.75 bits per heavy atom. The van der Waals surface area contributed by atoms with Gasteiger partial charge in [-0.15, -0.1) is 0 Å². The van der Waals surface area contributed by atoms with E-state index in [0.717, 1.165) is 3.84 Å². The molecule has 0 aromatic carbocycles. The van der Waals surface area contributed by atoms with E-state index in [0.29, 0.717) is 0 Å². The van der Waals surface area contributed by atoms with E-state index < -0.39 is 21.1 Å². The van der Waals surface area contributed by atoms with Gasteiger partial charge in [-0.2, -0.15) is 0 Å². The van der Waals surface area contributed by atoms with E-state index in [1.807, 2.05) is 0 Å². The van der Waals surface area contributed by atoms with Gasteiger partial charge in [0.15, 0.2) is 0 Å². The summed E-state index contributed by atoms with van der Waals surface area (Å²) < 4.78 is 2.21. The molecule has 0 spiro atoms. The molecule has 0 amide bonds. The second kappa shape index (κ2) is 3.01. The SMILES string of the molecule is C[CH2][Sn][c]1nn[nH]n1. The monoisotopic (exact) mass is 218 g/mol. The van der Waals surface area contributed by atoms with Gasteiger partial charge in [-0.3, -0.25) is 0 Å². The summed E-state index contributed by atoms with van der Waals surface area (Å²) in [4.78, 5) is 0. The molecule has 0 atom stereocenters. The summed E-state index contributed by atoms with van der Waals surface area (Å²) in [6.45, 7) is 2.16. The van der Waals surface area contributed by atoms with Crippen molar-refractivity contribution < 1.29 is 0 Å². The fraction of sp³-hybridized carbons (Fsp3) is 0.667. The van der Waals surface area contributed by atoms with Crippen molar-refractivity contribution in [3.63, 3.8) is 0 Å². The average Bonchev–Trinajstić information content (AvgIpc) is 2.19. The zero-order chi connectivity index (χ0) is 5.82. The summed E-state index contributed by atoms with van der Waals surface area (Å²) in [6.07, 6.45) is 0. The fourth-order valence-corrected chi connectivity index (χ4v) is 2.01. The fourth-order valence-electron chi connectivity index (χ4n) is 0.395. The number of nitrogens with zero attached hydrogens (tertiary/aromatic N) is 3. The first-order valence-electron chi connectivity index (χ1n) is 2.41. The third-order valence-electron chi connectivity index (χ3n) is 0.680. The Bertz CT molecular complexity index is 137. The summed E-state index contributed by atoms with van der Waals surface area (Å²) in [5.74, 6) is 0. The molecule has 1 rings (SSSR count). The number of nitrogens with one attached hydrogen (secondary N) is 1. The van der Waals surface area contributed by atoms with E-state index in [2.05, 4.69) is 27.5 Å². The number of aromatic amines is 1. The third-order valence-corrected chi connectivity index (χ3v) is 3.20. The summed E-state index contributed by atoms with van der Waals surface area (Å²) >= 11 is -0.418. The van der Waals surface area contributed by atoms with Crippen molar-refractivity contribution >= 4 is 25.0 Å². The Labute approximate surface area is 57.3 Å². The Kier molecular flexibility index (Phi) is 2.25. The van der Waals surface area contributed by atoms with Crippen molar-refractivity contribution in [3.05, 3.63) is 0 Å². The molecule has 0 aliphatic rings. The van der Waals surface area contributed by atoms with Crippen LogP contribution in [0.1, 0.15) is 6.92 Å². The molecule has 2 radical (unpaired) electrons. The van der Waals surface area contributed by atoms with Crippen molar-refractivity contribution in [1.29, 1.82) is 0 Å². The van der Waals surface area contributed by atoms with Gasteiger partial charge in [0, 0.05) is 0 Å². The summed E-state index contributed by atoms with van der Waals surface area (Å²) in [5.41, 5.74) is 0. The molecule has 0 saturated carbocycles. The molecule has 1 aromatic heterocycles. The molecule has 1 heterocycles. The van der Waals surface area contributed by atoms with Crippen LogP contribution in [-0.2, 0) is 0 Å². The summed E-state index contributed by atoms with van der Waals surface area (Å²) in [6, 6.07) is 0. The van der Waals surface area contributed by atoms with Crippen molar-refractivity contribution in [2.45, 2.75) is 11.4 Å². The van der Waals surface area contributed by atoms with Crippen molar-refractivity contribution in [2.24, 2.45) is 0 Å². The van der Waals surface area contributed by atoms with E-state index in [9.17, 15) is 0 Å². The first kappa shape index (κ1) is 6.00. The van der Waals surface area contributed by atoms with Crippen LogP contribution in [0.2, 0.25) is 4.44 Å². The number of hydrogen-bond donors (Lipinski definition) is 1. The quantitative estimate of drug-likeness (QED) is 0.644. The second-order valence-electron chi connectivity index (χ2n) is 1.27. The number of H-pyrrole nitrogens is 1. The van der Waals surface area contributed by atoms with Crippen LogP contribution in [0.15, 0.2) is 0 Å². The van der Waals surface area contributed by atoms with Crippen molar-refractivity contribution in [1.82, 2.24) is 20.6 Å². The molecule has 42 valence electrons. The van der Waals surface area contributed by atoms with E-state index in [1.165, 1.54) is 4.44 Å². The first-order valence-corrected chi connectivity index (χ1v) is 5.85. The van der Waals surface area contributed by atoms with Gasteiger partial charge in [0.25, 0.3) is 0 Å². The first-order chi connectivity index (χ1) is 3.93. The Morgan fingerprint density at radius 3 is 3.12 bits per heavy atom. The normalized spacial score (nSPS) is 9.62. The van der Waals surface area contributed by atoms with Gasteiger partial charge >= 0.3 is 57.0 Å².